The van der Waals surface area contributed by atoms with Gasteiger partial charge in [0, 0.05) is 18.1 Å². The lowest BCUT2D eigenvalue weighted by molar-refractivity contribution is -0.0253. The van der Waals surface area contributed by atoms with Crippen molar-refractivity contribution < 1.29 is 14.2 Å². The molecule has 0 aromatic heterocycles. The van der Waals surface area contributed by atoms with Crippen molar-refractivity contribution in [3.63, 3.8) is 0 Å². The van der Waals surface area contributed by atoms with Gasteiger partial charge in [0.2, 0.25) is 0 Å². The highest BCUT2D eigenvalue weighted by Crippen LogP contribution is 2.46. The van der Waals surface area contributed by atoms with E-state index in [2.05, 4.69) is 6.92 Å². The van der Waals surface area contributed by atoms with E-state index in [1.165, 1.54) is 25.0 Å². The average molecular weight is 278 g/mol. The van der Waals surface area contributed by atoms with Gasteiger partial charge >= 0.3 is 0 Å². The molecule has 1 N–H and O–H groups in total. The van der Waals surface area contributed by atoms with Gasteiger partial charge in [-0.25, -0.2) is 4.39 Å². The molecule has 2 unspecified atom stereocenters. The van der Waals surface area contributed by atoms with Crippen molar-refractivity contribution in [2.45, 2.75) is 63.6 Å². The number of aliphatic hydroxyl groups is 1. The zero-order valence-electron chi connectivity index (χ0n) is 12.1. The van der Waals surface area contributed by atoms with Gasteiger partial charge in [-0.2, -0.15) is 0 Å². The number of hydrogen-bond donors (Lipinski definition) is 1. The molecule has 1 saturated carbocycles. The van der Waals surface area contributed by atoms with E-state index < -0.39 is 6.10 Å². The van der Waals surface area contributed by atoms with Crippen LogP contribution >= 0.6 is 0 Å². The lowest BCUT2D eigenvalue weighted by Crippen LogP contribution is -2.40. The SMILES string of the molecule is CCC1CCCC2(CC1)C[C@@H](O)c1ccc(F)cc1O2. The Morgan fingerprint density at radius 3 is 3.00 bits per heavy atom. The molecule has 1 spiro atoms. The minimum atomic E-state index is -0.530. The molecule has 1 aromatic carbocycles. The lowest BCUT2D eigenvalue weighted by atomic mass is 9.83. The van der Waals surface area contributed by atoms with Crippen LogP contribution in [0.2, 0.25) is 0 Å². The molecule has 110 valence electrons. The third-order valence-corrected chi connectivity index (χ3v) is 5.06. The average Bonchev–Trinajstić information content (AvgIpc) is 2.60. The second kappa shape index (κ2) is 5.36. The summed E-state index contributed by atoms with van der Waals surface area (Å²) in [6.07, 6.45) is 6.79. The first kappa shape index (κ1) is 13.9. The molecule has 2 aliphatic rings. The van der Waals surface area contributed by atoms with E-state index in [9.17, 15) is 9.50 Å². The molecule has 3 rings (SSSR count). The van der Waals surface area contributed by atoms with E-state index >= 15 is 0 Å². The second-order valence-electron chi connectivity index (χ2n) is 6.39. The summed E-state index contributed by atoms with van der Waals surface area (Å²) in [7, 11) is 0. The summed E-state index contributed by atoms with van der Waals surface area (Å²) in [5, 5.41) is 10.4. The Labute approximate surface area is 120 Å². The topological polar surface area (TPSA) is 29.5 Å². The van der Waals surface area contributed by atoms with Gasteiger partial charge in [-0.3, -0.25) is 0 Å². The Hall–Kier alpha value is -1.09. The molecule has 0 saturated heterocycles. The summed E-state index contributed by atoms with van der Waals surface area (Å²) < 4.78 is 19.6. The third-order valence-electron chi connectivity index (χ3n) is 5.06. The largest absolute Gasteiger partial charge is 0.487 e. The van der Waals surface area contributed by atoms with Crippen molar-refractivity contribution in [2.24, 2.45) is 5.92 Å². The van der Waals surface area contributed by atoms with Crippen LogP contribution in [0.3, 0.4) is 0 Å². The molecular formula is C17H23FO2. The first-order valence-electron chi connectivity index (χ1n) is 7.78. The van der Waals surface area contributed by atoms with E-state index in [-0.39, 0.29) is 11.4 Å². The van der Waals surface area contributed by atoms with Crippen molar-refractivity contribution in [3.05, 3.63) is 29.6 Å². The molecule has 1 aliphatic heterocycles. The number of halogens is 1. The number of ether oxygens (including phenoxy) is 1. The van der Waals surface area contributed by atoms with Crippen LogP contribution in [0, 0.1) is 11.7 Å². The van der Waals surface area contributed by atoms with Crippen molar-refractivity contribution in [1.82, 2.24) is 0 Å². The summed E-state index contributed by atoms with van der Waals surface area (Å²) in [5.74, 6) is 1.01. The van der Waals surface area contributed by atoms with Crippen LogP contribution in [-0.2, 0) is 0 Å². The minimum absolute atomic E-state index is 0.288. The second-order valence-corrected chi connectivity index (χ2v) is 6.39. The lowest BCUT2D eigenvalue weighted by Gasteiger charge is -2.40. The van der Waals surface area contributed by atoms with Gasteiger partial charge in [0.05, 0.1) is 6.10 Å². The Kier molecular flexibility index (Phi) is 3.72. The Bertz CT molecular complexity index is 488. The third kappa shape index (κ3) is 2.56. The van der Waals surface area contributed by atoms with Crippen LogP contribution in [0.5, 0.6) is 5.75 Å². The Balaban J connectivity index is 1.86. The van der Waals surface area contributed by atoms with Gasteiger partial charge < -0.3 is 9.84 Å². The zero-order chi connectivity index (χ0) is 14.2. The van der Waals surface area contributed by atoms with Crippen LogP contribution in [0.1, 0.15) is 63.5 Å². The van der Waals surface area contributed by atoms with Gasteiger partial charge in [0.25, 0.3) is 0 Å². The molecule has 2 nitrogen and oxygen atoms in total. The Morgan fingerprint density at radius 1 is 1.35 bits per heavy atom. The molecule has 0 bridgehead atoms. The van der Waals surface area contributed by atoms with Crippen LogP contribution < -0.4 is 4.74 Å². The molecular weight excluding hydrogens is 255 g/mol. The first-order chi connectivity index (χ1) is 9.62. The highest BCUT2D eigenvalue weighted by Gasteiger charge is 2.41. The van der Waals surface area contributed by atoms with Gasteiger partial charge in [-0.05, 0) is 43.7 Å². The van der Waals surface area contributed by atoms with Gasteiger partial charge in [-0.15, -0.1) is 0 Å². The van der Waals surface area contributed by atoms with Crippen molar-refractivity contribution in [3.8, 4) is 5.75 Å². The molecule has 0 radical (unpaired) electrons. The van der Waals surface area contributed by atoms with E-state index in [1.807, 2.05) is 0 Å². The standard InChI is InChI=1S/C17H23FO2/c1-2-12-4-3-8-17(9-7-12)11-15(19)14-6-5-13(18)10-16(14)20-17/h5-6,10,12,15,19H,2-4,7-9,11H2,1H3/t12?,15-,17?/m1/s1. The maximum Gasteiger partial charge on any atom is 0.128 e. The van der Waals surface area contributed by atoms with Crippen LogP contribution in [0.15, 0.2) is 18.2 Å². The fourth-order valence-electron chi connectivity index (χ4n) is 3.77. The molecule has 3 atom stereocenters. The van der Waals surface area contributed by atoms with Crippen molar-refractivity contribution in [1.29, 1.82) is 0 Å². The number of rotatable bonds is 1. The van der Waals surface area contributed by atoms with Gasteiger partial charge in [-0.1, -0.05) is 19.8 Å². The fourth-order valence-corrected chi connectivity index (χ4v) is 3.77. The van der Waals surface area contributed by atoms with E-state index in [1.54, 1.807) is 6.07 Å². The Morgan fingerprint density at radius 2 is 2.20 bits per heavy atom. The summed E-state index contributed by atoms with van der Waals surface area (Å²) in [5.41, 5.74) is 0.442. The first-order valence-corrected chi connectivity index (χ1v) is 7.78. The quantitative estimate of drug-likeness (QED) is 0.826. The van der Waals surface area contributed by atoms with E-state index in [4.69, 9.17) is 4.74 Å². The molecule has 1 aliphatic carbocycles. The maximum absolute atomic E-state index is 13.4. The molecule has 20 heavy (non-hydrogen) atoms. The molecule has 1 fully saturated rings. The summed E-state index contributed by atoms with van der Waals surface area (Å²) in [4.78, 5) is 0. The molecule has 3 heteroatoms. The fraction of sp³-hybridized carbons (Fsp3) is 0.647. The maximum atomic E-state index is 13.4. The van der Waals surface area contributed by atoms with Crippen molar-refractivity contribution in [2.75, 3.05) is 0 Å². The van der Waals surface area contributed by atoms with Gasteiger partial charge in [0.1, 0.15) is 17.2 Å². The predicted molar refractivity (Wildman–Crippen MR) is 76.2 cm³/mol. The molecule has 0 amide bonds. The number of fused-ring (bicyclic) bond motifs is 1. The van der Waals surface area contributed by atoms with Gasteiger partial charge in [0.15, 0.2) is 0 Å². The van der Waals surface area contributed by atoms with Crippen LogP contribution in [0.25, 0.3) is 0 Å². The van der Waals surface area contributed by atoms with E-state index in [0.717, 1.165) is 37.2 Å². The van der Waals surface area contributed by atoms with E-state index in [0.29, 0.717) is 12.2 Å². The summed E-state index contributed by atoms with van der Waals surface area (Å²) in [6.45, 7) is 2.24. The number of hydrogen-bond acceptors (Lipinski definition) is 2. The smallest absolute Gasteiger partial charge is 0.128 e. The number of aliphatic hydroxyl groups excluding tert-OH is 1. The number of benzene rings is 1. The van der Waals surface area contributed by atoms with Crippen LogP contribution in [0.4, 0.5) is 4.39 Å². The normalized spacial score (nSPS) is 33.4. The molecule has 1 heterocycles. The zero-order valence-corrected chi connectivity index (χ0v) is 12.1. The molecule has 1 aromatic rings. The van der Waals surface area contributed by atoms with Crippen molar-refractivity contribution >= 4 is 0 Å². The highest BCUT2D eigenvalue weighted by molar-refractivity contribution is 5.38. The van der Waals surface area contributed by atoms with Crippen LogP contribution in [-0.4, -0.2) is 10.7 Å². The monoisotopic (exact) mass is 278 g/mol. The highest BCUT2D eigenvalue weighted by atomic mass is 19.1. The minimum Gasteiger partial charge on any atom is -0.487 e. The predicted octanol–water partition coefficient (Wildman–Crippen LogP) is 4.37. The summed E-state index contributed by atoms with van der Waals surface area (Å²) >= 11 is 0. The summed E-state index contributed by atoms with van der Waals surface area (Å²) in [6, 6.07) is 4.46.